The third-order valence-corrected chi connectivity index (χ3v) is 12.7. The molecule has 0 aliphatic carbocycles. The van der Waals surface area contributed by atoms with Crippen molar-refractivity contribution in [3.05, 3.63) is 164 Å². The second-order valence-corrected chi connectivity index (χ2v) is 23.7. The van der Waals surface area contributed by atoms with Crippen LogP contribution in [0.2, 0.25) is 0 Å². The molecule has 6 aromatic rings. The average Bonchev–Trinajstić information content (AvgIpc) is 1.67. The van der Waals surface area contributed by atoms with Crippen molar-refractivity contribution in [1.82, 2.24) is 39.6 Å². The molecule has 4 saturated heterocycles. The van der Waals surface area contributed by atoms with Gasteiger partial charge in [-0.2, -0.15) is 10.2 Å². The Morgan fingerprint density at radius 2 is 0.958 bits per heavy atom. The predicted molar refractivity (Wildman–Crippen MR) is 341 cm³/mol. The van der Waals surface area contributed by atoms with Crippen LogP contribution in [0, 0.1) is 46.5 Å². The molecule has 6 heterocycles. The summed E-state index contributed by atoms with van der Waals surface area (Å²) in [4.78, 5) is 71.3. The summed E-state index contributed by atoms with van der Waals surface area (Å²) in [6.07, 6.45) is 1.14. The molecule has 0 radical (unpaired) electrons. The lowest BCUT2D eigenvalue weighted by Crippen LogP contribution is -2.36. The third-order valence-electron chi connectivity index (χ3n) is 12.7. The molecule has 4 amide bonds. The first-order valence-corrected chi connectivity index (χ1v) is 29.7. The van der Waals surface area contributed by atoms with E-state index >= 15 is 0 Å². The quantitative estimate of drug-likeness (QED) is 0.0734. The Labute approximate surface area is 559 Å². The number of amides is 4. The Morgan fingerprint density at radius 3 is 1.33 bits per heavy atom. The molecular weight excluding hydrogens is 1330 g/mol. The smallest absolute Gasteiger partial charge is 0.410 e. The number of aliphatic hydroxyl groups excluding tert-OH is 1. The molecule has 528 valence electrons. The van der Waals surface area contributed by atoms with Gasteiger partial charge in [-0.1, -0.05) is 0 Å². The summed E-state index contributed by atoms with van der Waals surface area (Å²) in [5.41, 5.74) is 3.83. The number of likely N-dealkylation sites (tertiary alicyclic amines) is 3. The van der Waals surface area contributed by atoms with Crippen molar-refractivity contribution in [2.45, 2.75) is 110 Å². The van der Waals surface area contributed by atoms with Crippen LogP contribution < -0.4 is 41.7 Å². The van der Waals surface area contributed by atoms with Crippen molar-refractivity contribution in [2.75, 3.05) is 63.4 Å². The lowest BCUT2D eigenvalue weighted by atomic mass is 10.2. The number of rotatable bonds is 7. The monoisotopic (exact) mass is 1400 g/mol. The number of nitrogens with two attached hydrogens (primary N) is 1. The third kappa shape index (κ3) is 30.2. The number of nitrogen functional groups attached to an aromatic ring is 1. The van der Waals surface area contributed by atoms with Gasteiger partial charge in [0, 0.05) is 103 Å². The highest BCUT2D eigenvalue weighted by molar-refractivity contribution is 6.62. The minimum Gasteiger partial charge on any atom is -0.508 e. The lowest BCUT2D eigenvalue weighted by Gasteiger charge is -2.24. The van der Waals surface area contributed by atoms with E-state index in [4.69, 9.17) is 34.5 Å². The van der Waals surface area contributed by atoms with Gasteiger partial charge >= 0.3 is 18.2 Å². The number of hydrogen-bond acceptors (Lipinski definition) is 17. The van der Waals surface area contributed by atoms with Gasteiger partial charge in [-0.05, 0) is 133 Å². The van der Waals surface area contributed by atoms with Gasteiger partial charge in [0.1, 0.15) is 58.3 Å². The maximum atomic E-state index is 13.2. The minimum absolute atomic E-state index is 0. The van der Waals surface area contributed by atoms with E-state index in [0.717, 1.165) is 78.8 Å². The van der Waals surface area contributed by atoms with Crippen LogP contribution in [0.25, 0.3) is 0 Å². The van der Waals surface area contributed by atoms with E-state index < -0.39 is 57.7 Å². The first kappa shape index (κ1) is 81.3. The number of hydrogen-bond donors (Lipinski definition) is 5. The van der Waals surface area contributed by atoms with Crippen molar-refractivity contribution in [1.29, 1.82) is 0 Å². The number of ether oxygens (including phenoxy) is 5. The van der Waals surface area contributed by atoms with Crippen LogP contribution in [0.5, 0.6) is 23.0 Å². The van der Waals surface area contributed by atoms with Crippen LogP contribution in [-0.4, -0.2) is 156 Å². The molecule has 4 atom stereocenters. The van der Waals surface area contributed by atoms with Gasteiger partial charge in [0.25, 0.3) is 11.1 Å². The molecule has 96 heavy (non-hydrogen) atoms. The number of phenols is 1. The van der Waals surface area contributed by atoms with Crippen LogP contribution in [0.3, 0.4) is 0 Å². The molecule has 6 N–H and O–H groups in total. The van der Waals surface area contributed by atoms with Gasteiger partial charge in [0.15, 0.2) is 52.4 Å². The Hall–Kier alpha value is -8.94. The Kier molecular flexibility index (Phi) is 32.7. The fraction of sp³-hybridized carbons (Fsp3) is 0.429. The van der Waals surface area contributed by atoms with Crippen molar-refractivity contribution >= 4 is 59.1 Å². The van der Waals surface area contributed by atoms with Gasteiger partial charge < -0.3 is 59.6 Å². The van der Waals surface area contributed by atoms with E-state index in [1.165, 1.54) is 70.9 Å². The molecule has 4 fully saturated rings. The highest BCUT2D eigenvalue weighted by Gasteiger charge is 2.32. The number of carbonyl (C=O) groups is 4. The number of carbonyl (C=O) groups excluding carboxylic acids is 4. The maximum Gasteiger partial charge on any atom is 0.410 e. The number of aryl methyl sites for hydroxylation is 2. The molecule has 0 saturated carbocycles. The van der Waals surface area contributed by atoms with E-state index in [1.807, 2.05) is 20.8 Å². The summed E-state index contributed by atoms with van der Waals surface area (Å²) in [5.74, 6) is -6.27. The second-order valence-electron chi connectivity index (χ2n) is 23.2. The van der Waals surface area contributed by atoms with Crippen LogP contribution in [0.4, 0.5) is 61.1 Å². The van der Waals surface area contributed by atoms with Crippen molar-refractivity contribution < 1.29 is 88.2 Å². The zero-order chi connectivity index (χ0) is 70.9. The minimum atomic E-state index is -1.03. The number of aromatic nitrogens is 4. The molecule has 4 aromatic carbocycles. The summed E-state index contributed by atoms with van der Waals surface area (Å²) in [6, 6.07) is 18.2. The summed E-state index contributed by atoms with van der Waals surface area (Å²) in [7, 11) is 3.04. The number of nitrogens with one attached hydrogen (secondary N) is 2. The summed E-state index contributed by atoms with van der Waals surface area (Å²) in [6.45, 7) is 16.5. The fourth-order valence-electron chi connectivity index (χ4n) is 8.28. The number of aromatic hydroxyl groups is 1. The molecule has 23 nitrogen and oxygen atoms in total. The number of nitrogens with zero attached hydrogens (tertiary/aromatic N) is 7. The van der Waals surface area contributed by atoms with E-state index in [1.54, 1.807) is 32.7 Å². The molecule has 4 aliphatic heterocycles. The van der Waals surface area contributed by atoms with Crippen LogP contribution in [0.1, 0.15) is 74.1 Å². The van der Waals surface area contributed by atoms with Gasteiger partial charge in [-0.25, -0.2) is 58.9 Å². The highest BCUT2D eigenvalue weighted by atomic mass is 35.5. The molecule has 10 rings (SSSR count). The number of halogens is 10. The number of β-amino-alcohol motifs (C(OH)–C–C–N with tert-alkyl or cyclic N) is 1. The second kappa shape index (κ2) is 38.6. The summed E-state index contributed by atoms with van der Waals surface area (Å²) < 4.78 is 131. The predicted octanol–water partition coefficient (Wildman–Crippen LogP) is 10.0. The SMILES string of the molecule is CC(=O)Cl.CC(C)(C)OC(=O)N1CC[C@@H](Oc2ccc(F)c(F)c2)C1.CC(C)(C)OC(=O)N1CC[C@H](O)C1.Cl.Cn1nc(N)ccc1=O.Cn1nc(NC(=O)N2CC[C@@H](Oc3ccc(F)c(F)c3)C2)ccc1=O.Fc1ccc(O[C@@H]2CCNC2)cc1F.Oc1ccc(F)c(F)c1. The number of anilines is 2. The highest BCUT2D eigenvalue weighted by Crippen LogP contribution is 2.25. The van der Waals surface area contributed by atoms with Crippen LogP contribution in [0.15, 0.2) is 107 Å². The fourth-order valence-corrected chi connectivity index (χ4v) is 8.28. The zero-order valence-electron chi connectivity index (χ0n) is 53.9. The normalized spacial score (nSPS) is 16.8. The Bertz CT molecular complexity index is 3640. The molecule has 33 heteroatoms. The van der Waals surface area contributed by atoms with E-state index in [9.17, 15) is 69.0 Å². The summed E-state index contributed by atoms with van der Waals surface area (Å²) >= 11 is 4.64. The number of aliphatic hydroxyl groups is 1. The molecule has 4 aliphatic rings. The number of urea groups is 1. The van der Waals surface area contributed by atoms with Crippen LogP contribution >= 0.6 is 24.0 Å². The number of benzene rings is 4. The van der Waals surface area contributed by atoms with E-state index in [2.05, 4.69) is 32.4 Å². The van der Waals surface area contributed by atoms with E-state index in [-0.39, 0.29) is 94.5 Å². The van der Waals surface area contributed by atoms with Crippen molar-refractivity contribution in [2.24, 2.45) is 14.1 Å². The first-order valence-electron chi connectivity index (χ1n) is 29.3. The molecule has 2 aromatic heterocycles. The summed E-state index contributed by atoms with van der Waals surface area (Å²) in [5, 5.41) is 30.7. The maximum absolute atomic E-state index is 13.2. The van der Waals surface area contributed by atoms with Gasteiger partial charge in [0.05, 0.1) is 19.2 Å². The van der Waals surface area contributed by atoms with E-state index in [0.29, 0.717) is 70.1 Å². The average molecular weight is 1410 g/mol. The first-order chi connectivity index (χ1) is 44.4. The molecular formula is C63H78Cl2F8N10O13. The number of phenolic OH excluding ortho intramolecular Hbond substituents is 1. The Morgan fingerprint density at radius 1 is 0.562 bits per heavy atom. The largest absolute Gasteiger partial charge is 0.508 e. The van der Waals surface area contributed by atoms with Crippen LogP contribution in [-0.2, 0) is 28.4 Å². The van der Waals surface area contributed by atoms with Crippen molar-refractivity contribution in [3.63, 3.8) is 0 Å². The Balaban J connectivity index is 0.000000307. The van der Waals surface area contributed by atoms with Gasteiger partial charge in [-0.15, -0.1) is 12.4 Å². The zero-order valence-corrected chi connectivity index (χ0v) is 55.5. The van der Waals surface area contributed by atoms with Crippen molar-refractivity contribution in [3.8, 4) is 23.0 Å². The molecule has 0 bridgehead atoms. The van der Waals surface area contributed by atoms with Gasteiger partial charge in [-0.3, -0.25) is 19.7 Å². The topological polar surface area (TPSA) is 284 Å². The molecule has 0 unspecified atom stereocenters. The lowest BCUT2D eigenvalue weighted by molar-refractivity contribution is -0.109. The standard InChI is InChI=1S/C16H16F2N4O3.C15H19F2NO3.C10H11F2NO.C9H17NO3.C6H4F2O.C5H7N3O.C2H3ClO.ClH/c1-21-15(23)5-4-14(20-21)19-16(24)22-7-6-11(9-22)25-10-2-3-12(17)13(18)8-10;1-15(2,3)21-14(19)18-7-6-11(9-18)20-10-4-5-12(16)13(17)8-10;11-9-2-1-7(5-10(9)12)14-8-3-4-13-6-8;1-9(2,3)13-8(12)10-5-4-7(11)6-10;7-5-2-1-4(9)3-6(5)8;1-8-5(9)3-2-4(6)7-8;1-2(3)4;/h2-5,8,11H,6-7,9H2,1H3,(H,19,20,24);4-5,8,11H,6-7,9H2,1-3H3;1-2,5,8,13H,3-4,6H2;7,11H,4-6H2,1-3H3;1-3,9H;2-3H,1H3,(H2,6,7);1H3;1H/t2*11-;8-;7-;;;;/m1110..../s1. The van der Waals surface area contributed by atoms with Gasteiger partial charge in [0.2, 0.25) is 5.24 Å². The molecule has 0 spiro atoms.